The third-order valence-electron chi connectivity index (χ3n) is 4.01. The van der Waals surface area contributed by atoms with Crippen molar-refractivity contribution in [3.8, 4) is 0 Å². The summed E-state index contributed by atoms with van der Waals surface area (Å²) in [4.78, 5) is 24.1. The standard InChI is InChI=1S/3C8H12N2.3C2H6/c1-8(2,3)7-4-9-6-10-5-7;1-8(2,3)7-4-5-9-6-10-7;1-8(2,3)7-9-5-4-6-10-7;3*1-2/h3*4-6H,1-3H3;3*1-2H3. The highest BCUT2D eigenvalue weighted by Crippen LogP contribution is 2.19. The average molecular weight is 499 g/mol. The highest BCUT2D eigenvalue weighted by molar-refractivity contribution is 5.13. The van der Waals surface area contributed by atoms with Gasteiger partial charge in [-0.1, -0.05) is 104 Å². The second kappa shape index (κ2) is 20.4. The molecule has 0 radical (unpaired) electrons. The van der Waals surface area contributed by atoms with Crippen LogP contribution in [0.2, 0.25) is 0 Å². The lowest BCUT2D eigenvalue weighted by Crippen LogP contribution is -2.14. The summed E-state index contributed by atoms with van der Waals surface area (Å²) in [6, 6.07) is 3.77. The summed E-state index contributed by atoms with van der Waals surface area (Å²) < 4.78 is 0. The molecule has 3 aromatic rings. The van der Waals surface area contributed by atoms with Gasteiger partial charge in [0.1, 0.15) is 18.5 Å². The van der Waals surface area contributed by atoms with Crippen LogP contribution >= 0.6 is 0 Å². The Balaban J connectivity index is -0.000000410. The first-order valence-corrected chi connectivity index (χ1v) is 13.1. The van der Waals surface area contributed by atoms with Crippen LogP contribution in [-0.4, -0.2) is 29.9 Å². The first-order valence-electron chi connectivity index (χ1n) is 13.1. The van der Waals surface area contributed by atoms with Crippen molar-refractivity contribution in [1.29, 1.82) is 0 Å². The van der Waals surface area contributed by atoms with Crippen molar-refractivity contribution in [2.24, 2.45) is 0 Å². The Morgan fingerprint density at radius 1 is 0.500 bits per heavy atom. The third-order valence-corrected chi connectivity index (χ3v) is 4.01. The van der Waals surface area contributed by atoms with Gasteiger partial charge in [-0.15, -0.1) is 0 Å². The lowest BCUT2D eigenvalue weighted by Gasteiger charge is -2.16. The van der Waals surface area contributed by atoms with E-state index in [9.17, 15) is 0 Å². The van der Waals surface area contributed by atoms with Gasteiger partial charge >= 0.3 is 0 Å². The molecule has 0 aliphatic carbocycles. The molecule has 0 atom stereocenters. The molecule has 0 aromatic carbocycles. The molecule has 0 unspecified atom stereocenters. The average Bonchev–Trinajstić information content (AvgIpc) is 2.89. The normalized spacial score (nSPS) is 10.1. The molecule has 0 N–H and O–H groups in total. The van der Waals surface area contributed by atoms with Gasteiger partial charge in [0, 0.05) is 47.5 Å². The Kier molecular flexibility index (Phi) is 21.4. The summed E-state index contributed by atoms with van der Waals surface area (Å²) in [6.45, 7) is 31.1. The van der Waals surface area contributed by atoms with Crippen LogP contribution in [-0.2, 0) is 16.2 Å². The van der Waals surface area contributed by atoms with Crippen molar-refractivity contribution in [3.63, 3.8) is 0 Å². The van der Waals surface area contributed by atoms with Crippen molar-refractivity contribution in [2.75, 3.05) is 0 Å². The zero-order valence-corrected chi connectivity index (χ0v) is 25.9. The molecule has 0 fully saturated rings. The van der Waals surface area contributed by atoms with Crippen LogP contribution in [0.5, 0.6) is 0 Å². The SMILES string of the molecule is CC.CC.CC.CC(C)(C)c1ccncn1.CC(C)(C)c1cncnc1.CC(C)(C)c1ncccn1. The molecular weight excluding hydrogens is 444 g/mol. The van der Waals surface area contributed by atoms with E-state index >= 15 is 0 Å². The van der Waals surface area contributed by atoms with Crippen molar-refractivity contribution < 1.29 is 0 Å². The molecule has 0 amide bonds. The predicted octanol–water partition coefficient (Wildman–Crippen LogP) is 8.40. The Bertz CT molecular complexity index is 714. The van der Waals surface area contributed by atoms with Crippen molar-refractivity contribution in [2.45, 2.75) is 120 Å². The summed E-state index contributed by atoms with van der Waals surface area (Å²) in [7, 11) is 0. The van der Waals surface area contributed by atoms with Crippen LogP contribution in [0, 0.1) is 0 Å². The number of aromatic nitrogens is 6. The van der Waals surface area contributed by atoms with Gasteiger partial charge in [0.15, 0.2) is 0 Å². The quantitative estimate of drug-likeness (QED) is 0.309. The molecule has 3 heterocycles. The summed E-state index contributed by atoms with van der Waals surface area (Å²) in [5, 5.41) is 0. The highest BCUT2D eigenvalue weighted by atomic mass is 14.9. The van der Waals surface area contributed by atoms with Gasteiger partial charge < -0.3 is 0 Å². The predicted molar refractivity (Wildman–Crippen MR) is 156 cm³/mol. The van der Waals surface area contributed by atoms with Crippen LogP contribution in [0.1, 0.15) is 121 Å². The Labute approximate surface area is 222 Å². The van der Waals surface area contributed by atoms with E-state index in [1.807, 2.05) is 66.1 Å². The lowest BCUT2D eigenvalue weighted by atomic mass is 9.89. The van der Waals surface area contributed by atoms with Gasteiger partial charge in [0.25, 0.3) is 0 Å². The summed E-state index contributed by atoms with van der Waals surface area (Å²) >= 11 is 0. The Hall–Kier alpha value is -2.76. The van der Waals surface area contributed by atoms with Crippen molar-refractivity contribution >= 4 is 0 Å². The van der Waals surface area contributed by atoms with E-state index in [1.165, 1.54) is 5.56 Å². The minimum atomic E-state index is 0.0707. The largest absolute Gasteiger partial charge is 0.245 e. The fourth-order valence-corrected chi connectivity index (χ4v) is 2.11. The fourth-order valence-electron chi connectivity index (χ4n) is 2.11. The fraction of sp³-hybridized carbons (Fsp3) is 0.600. The molecule has 3 aromatic heterocycles. The van der Waals surface area contributed by atoms with Gasteiger partial charge in [-0.25, -0.2) is 29.9 Å². The lowest BCUT2D eigenvalue weighted by molar-refractivity contribution is 0.545. The summed E-state index contributed by atoms with van der Waals surface area (Å²) in [6.07, 6.45) is 12.2. The van der Waals surface area contributed by atoms with Crippen LogP contribution in [0.25, 0.3) is 0 Å². The van der Waals surface area contributed by atoms with Crippen LogP contribution < -0.4 is 0 Å². The molecule has 204 valence electrons. The topological polar surface area (TPSA) is 77.3 Å². The molecule has 36 heavy (non-hydrogen) atoms. The second-order valence-electron chi connectivity index (χ2n) is 10.0. The summed E-state index contributed by atoms with van der Waals surface area (Å²) in [5.41, 5.74) is 2.64. The molecule has 0 spiro atoms. The van der Waals surface area contributed by atoms with E-state index in [-0.39, 0.29) is 16.2 Å². The molecular formula is C30H54N6. The van der Waals surface area contributed by atoms with Gasteiger partial charge in [-0.2, -0.15) is 0 Å². The number of hydrogen-bond acceptors (Lipinski definition) is 6. The van der Waals surface area contributed by atoms with E-state index in [0.717, 1.165) is 11.5 Å². The van der Waals surface area contributed by atoms with E-state index < -0.39 is 0 Å². The maximum atomic E-state index is 4.14. The van der Waals surface area contributed by atoms with Gasteiger partial charge in [0.05, 0.1) is 0 Å². The van der Waals surface area contributed by atoms with E-state index in [1.54, 1.807) is 31.2 Å². The third kappa shape index (κ3) is 18.6. The van der Waals surface area contributed by atoms with Crippen LogP contribution in [0.4, 0.5) is 0 Å². The first-order chi connectivity index (χ1) is 16.8. The van der Waals surface area contributed by atoms with E-state index in [4.69, 9.17) is 0 Å². The molecule has 3 rings (SSSR count). The molecule has 0 bridgehead atoms. The number of rotatable bonds is 0. The zero-order valence-electron chi connectivity index (χ0n) is 25.9. The first kappa shape index (κ1) is 37.8. The minimum Gasteiger partial charge on any atom is -0.245 e. The highest BCUT2D eigenvalue weighted by Gasteiger charge is 2.15. The van der Waals surface area contributed by atoms with Gasteiger partial charge in [-0.05, 0) is 23.1 Å². The molecule has 6 nitrogen and oxygen atoms in total. The smallest absolute Gasteiger partial charge is 0.133 e. The molecule has 0 saturated heterocycles. The molecule has 6 heteroatoms. The number of nitrogens with zero attached hydrogens (tertiary/aromatic N) is 6. The van der Waals surface area contributed by atoms with Crippen molar-refractivity contribution in [1.82, 2.24) is 29.9 Å². The number of hydrogen-bond donors (Lipinski definition) is 0. The molecule has 0 saturated carbocycles. The second-order valence-corrected chi connectivity index (χ2v) is 10.0. The maximum absolute atomic E-state index is 4.14. The Morgan fingerprint density at radius 2 is 0.972 bits per heavy atom. The molecule has 0 aliphatic rings. The van der Waals surface area contributed by atoms with E-state index in [0.29, 0.717) is 0 Å². The monoisotopic (exact) mass is 498 g/mol. The zero-order chi connectivity index (χ0) is 28.8. The van der Waals surface area contributed by atoms with Crippen molar-refractivity contribution in [3.05, 3.63) is 72.9 Å². The van der Waals surface area contributed by atoms with Gasteiger partial charge in [0.2, 0.25) is 0 Å². The van der Waals surface area contributed by atoms with Gasteiger partial charge in [-0.3, -0.25) is 0 Å². The molecule has 0 aliphatic heterocycles. The van der Waals surface area contributed by atoms with Crippen LogP contribution in [0.3, 0.4) is 0 Å². The maximum Gasteiger partial charge on any atom is 0.133 e. The van der Waals surface area contributed by atoms with Crippen LogP contribution in [0.15, 0.2) is 55.8 Å². The Morgan fingerprint density at radius 3 is 1.22 bits per heavy atom. The summed E-state index contributed by atoms with van der Waals surface area (Å²) in [5.74, 6) is 0.898. The van der Waals surface area contributed by atoms with E-state index in [2.05, 4.69) is 92.2 Å². The minimum absolute atomic E-state index is 0.0707.